The maximum atomic E-state index is 11.6. The molecule has 0 radical (unpaired) electrons. The Kier molecular flexibility index (Phi) is 4.60. The highest BCUT2D eigenvalue weighted by molar-refractivity contribution is 4.69. The molecule has 0 unspecified atom stereocenters. The van der Waals surface area contributed by atoms with Crippen LogP contribution in [0.15, 0.2) is 5.28 Å². The summed E-state index contributed by atoms with van der Waals surface area (Å²) in [5.74, 6) is 0.774. The minimum atomic E-state index is -0.254. The molecule has 0 atom stereocenters. The quantitative estimate of drug-likeness (QED) is 0.435. The maximum Gasteiger partial charge on any atom is 0.233 e. The van der Waals surface area contributed by atoms with Crippen molar-refractivity contribution in [2.75, 3.05) is 7.05 Å². The van der Waals surface area contributed by atoms with Crippen LogP contribution in [0.2, 0.25) is 0 Å². The highest BCUT2D eigenvalue weighted by Gasteiger charge is 2.25. The first kappa shape index (κ1) is 14.1. The Morgan fingerprint density at radius 1 is 1.24 bits per heavy atom. The van der Waals surface area contributed by atoms with Crippen LogP contribution < -0.4 is 0 Å². The standard InChI is InChI=1S/C12H25N3O2/c1-10-6-8-11(9-7-10)17-13-15(16)14(5)12(2,3)4/h10-11H,6-9H2,1-5H3/b15-13-. The number of rotatable bonds is 3. The van der Waals surface area contributed by atoms with Crippen LogP contribution in [0, 0.1) is 11.1 Å². The van der Waals surface area contributed by atoms with E-state index in [4.69, 9.17) is 4.84 Å². The number of hydrogen-bond acceptors (Lipinski definition) is 3. The van der Waals surface area contributed by atoms with Gasteiger partial charge in [-0.15, -0.1) is 5.01 Å². The van der Waals surface area contributed by atoms with Crippen molar-refractivity contribution in [2.24, 2.45) is 11.2 Å². The summed E-state index contributed by atoms with van der Waals surface area (Å²) in [7, 11) is 1.71. The van der Waals surface area contributed by atoms with E-state index in [9.17, 15) is 5.21 Å². The highest BCUT2D eigenvalue weighted by Crippen LogP contribution is 2.25. The molecule has 1 saturated carbocycles. The molecule has 1 aliphatic rings. The van der Waals surface area contributed by atoms with E-state index in [-0.39, 0.29) is 11.6 Å². The van der Waals surface area contributed by atoms with Gasteiger partial charge in [0, 0.05) is 0 Å². The Hall–Kier alpha value is -1.00. The molecule has 0 N–H and O–H groups in total. The van der Waals surface area contributed by atoms with Crippen molar-refractivity contribution in [3.63, 3.8) is 0 Å². The van der Waals surface area contributed by atoms with Crippen LogP contribution in [0.4, 0.5) is 0 Å². The largest absolute Gasteiger partial charge is 0.569 e. The second kappa shape index (κ2) is 5.56. The van der Waals surface area contributed by atoms with Crippen molar-refractivity contribution in [3.05, 3.63) is 5.21 Å². The molecule has 5 nitrogen and oxygen atoms in total. The first-order chi connectivity index (χ1) is 7.80. The van der Waals surface area contributed by atoms with Crippen LogP contribution in [0.5, 0.6) is 0 Å². The average molecular weight is 243 g/mol. The lowest BCUT2D eigenvalue weighted by Crippen LogP contribution is -2.42. The van der Waals surface area contributed by atoms with Gasteiger partial charge in [0.05, 0.1) is 17.6 Å². The fraction of sp³-hybridized carbons (Fsp3) is 1.00. The normalized spacial score (nSPS) is 26.8. The maximum absolute atomic E-state index is 11.6. The third-order valence-electron chi connectivity index (χ3n) is 3.46. The molecule has 0 aromatic rings. The Balaban J connectivity index is 2.42. The van der Waals surface area contributed by atoms with Crippen molar-refractivity contribution < 1.29 is 9.81 Å². The zero-order valence-corrected chi connectivity index (χ0v) is 11.6. The topological polar surface area (TPSA) is 50.9 Å². The van der Waals surface area contributed by atoms with Gasteiger partial charge in [0.15, 0.2) is 0 Å². The van der Waals surface area contributed by atoms with Crippen molar-refractivity contribution in [1.82, 2.24) is 5.01 Å². The summed E-state index contributed by atoms with van der Waals surface area (Å²) in [6.45, 7) is 8.11. The van der Waals surface area contributed by atoms with Gasteiger partial charge in [-0.2, -0.15) is 0 Å². The van der Waals surface area contributed by atoms with Gasteiger partial charge in [-0.05, 0) is 52.4 Å². The van der Waals surface area contributed by atoms with Crippen LogP contribution in [0.25, 0.3) is 0 Å². The summed E-state index contributed by atoms with van der Waals surface area (Å²) >= 11 is 0. The fourth-order valence-corrected chi connectivity index (χ4v) is 1.75. The van der Waals surface area contributed by atoms with Crippen molar-refractivity contribution in [1.29, 1.82) is 0 Å². The predicted molar refractivity (Wildman–Crippen MR) is 66.1 cm³/mol. The molecule has 0 heterocycles. The minimum absolute atomic E-state index is 0.107. The monoisotopic (exact) mass is 243 g/mol. The molecule has 17 heavy (non-hydrogen) atoms. The summed E-state index contributed by atoms with van der Waals surface area (Å²) in [5.41, 5.74) is -0.254. The van der Waals surface area contributed by atoms with Crippen molar-refractivity contribution >= 4 is 0 Å². The average Bonchev–Trinajstić information content (AvgIpc) is 2.25. The molecule has 0 aliphatic heterocycles. The Morgan fingerprint density at radius 3 is 2.24 bits per heavy atom. The molecule has 1 aliphatic carbocycles. The third kappa shape index (κ3) is 4.40. The van der Waals surface area contributed by atoms with Crippen LogP contribution >= 0.6 is 0 Å². The lowest BCUT2D eigenvalue weighted by molar-refractivity contribution is -0.720. The number of hydrazine groups is 1. The SMILES string of the molecule is CC1CCC(O/N=[N+](\[O-])N(C)C(C)(C)C)CC1. The van der Waals surface area contributed by atoms with Gasteiger partial charge >= 0.3 is 0 Å². The van der Waals surface area contributed by atoms with Crippen LogP contribution in [0.1, 0.15) is 53.4 Å². The summed E-state index contributed by atoms with van der Waals surface area (Å²) in [5, 5.41) is 16.8. The zero-order valence-electron chi connectivity index (χ0n) is 11.6. The summed E-state index contributed by atoms with van der Waals surface area (Å²) in [6.07, 6.45) is 4.42. The van der Waals surface area contributed by atoms with E-state index in [2.05, 4.69) is 12.2 Å². The van der Waals surface area contributed by atoms with Crippen molar-refractivity contribution in [3.8, 4) is 0 Å². The van der Waals surface area contributed by atoms with Gasteiger partial charge in [0.25, 0.3) is 0 Å². The lowest BCUT2D eigenvalue weighted by atomic mass is 9.89. The Morgan fingerprint density at radius 2 is 1.76 bits per heavy atom. The number of nitrogens with zero attached hydrogens (tertiary/aromatic N) is 3. The lowest BCUT2D eigenvalue weighted by Gasteiger charge is -2.27. The molecule has 5 heteroatoms. The molecule has 0 amide bonds. The van der Waals surface area contributed by atoms with E-state index in [0.717, 1.165) is 31.6 Å². The van der Waals surface area contributed by atoms with E-state index >= 15 is 0 Å². The molecule has 0 bridgehead atoms. The van der Waals surface area contributed by atoms with E-state index < -0.39 is 0 Å². The predicted octanol–water partition coefficient (Wildman–Crippen LogP) is 3.10. The first-order valence-electron chi connectivity index (χ1n) is 6.38. The zero-order chi connectivity index (χ0) is 13.1. The fourth-order valence-electron chi connectivity index (χ4n) is 1.75. The minimum Gasteiger partial charge on any atom is -0.569 e. The van der Waals surface area contributed by atoms with Gasteiger partial charge in [0.1, 0.15) is 6.10 Å². The molecule has 0 saturated heterocycles. The van der Waals surface area contributed by atoms with Crippen LogP contribution in [-0.4, -0.2) is 28.7 Å². The molecule has 1 rings (SSSR count). The van der Waals surface area contributed by atoms with Gasteiger partial charge in [0.2, 0.25) is 5.28 Å². The molecule has 100 valence electrons. The van der Waals surface area contributed by atoms with Gasteiger partial charge in [-0.1, -0.05) is 6.92 Å². The van der Waals surface area contributed by atoms with E-state index in [0.29, 0.717) is 4.97 Å². The molecular weight excluding hydrogens is 218 g/mol. The van der Waals surface area contributed by atoms with Gasteiger partial charge < -0.3 is 10.0 Å². The van der Waals surface area contributed by atoms with E-state index in [1.807, 2.05) is 20.8 Å². The number of hydrogen-bond donors (Lipinski definition) is 0. The van der Waals surface area contributed by atoms with Crippen LogP contribution in [-0.2, 0) is 4.84 Å². The van der Waals surface area contributed by atoms with Gasteiger partial charge in [-0.3, -0.25) is 0 Å². The van der Waals surface area contributed by atoms with Crippen LogP contribution in [0.3, 0.4) is 0 Å². The Bertz CT molecular complexity index is 265. The smallest absolute Gasteiger partial charge is 0.233 e. The summed E-state index contributed by atoms with van der Waals surface area (Å²) < 4.78 is 0. The molecule has 0 spiro atoms. The molecular formula is C12H25N3O2. The summed E-state index contributed by atoms with van der Waals surface area (Å²) in [4.78, 5) is 5.85. The first-order valence-corrected chi connectivity index (χ1v) is 6.38. The van der Waals surface area contributed by atoms with E-state index in [1.54, 1.807) is 7.05 Å². The second-order valence-electron chi connectivity index (χ2n) is 6.02. The molecule has 1 fully saturated rings. The van der Waals surface area contributed by atoms with Crippen molar-refractivity contribution in [2.45, 2.75) is 65.0 Å². The highest BCUT2D eigenvalue weighted by atomic mass is 16.7. The van der Waals surface area contributed by atoms with E-state index in [1.165, 1.54) is 5.01 Å². The van der Waals surface area contributed by atoms with Gasteiger partial charge in [-0.25, -0.2) is 0 Å². The third-order valence-corrected chi connectivity index (χ3v) is 3.46. The summed E-state index contributed by atoms with van der Waals surface area (Å²) in [6, 6.07) is 0. The second-order valence-corrected chi connectivity index (χ2v) is 6.02. The Labute approximate surface area is 104 Å². The molecule has 0 aromatic carbocycles. The molecule has 0 aromatic heterocycles.